The van der Waals surface area contributed by atoms with Crippen molar-refractivity contribution in [3.63, 3.8) is 0 Å². The molecule has 0 spiro atoms. The number of hydrogen-bond donors (Lipinski definition) is 4. The molecule has 4 rings (SSSR count). The summed E-state index contributed by atoms with van der Waals surface area (Å²) in [5.74, 6) is 0. The van der Waals surface area contributed by atoms with E-state index in [1.165, 1.54) is 12.1 Å². The fraction of sp³-hybridized carbons (Fsp3) is 0. The normalized spacial score (nSPS) is 9.79. The maximum atomic E-state index is 5.61. The van der Waals surface area contributed by atoms with Gasteiger partial charge in [-0.25, -0.2) is 0 Å². The van der Waals surface area contributed by atoms with Crippen LogP contribution < -0.4 is 20.9 Å². The summed E-state index contributed by atoms with van der Waals surface area (Å²) in [6, 6.07) is 35.7. The van der Waals surface area contributed by atoms with Crippen molar-refractivity contribution in [3.05, 3.63) is 109 Å². The van der Waals surface area contributed by atoms with E-state index in [0.717, 1.165) is 33.9 Å². The van der Waals surface area contributed by atoms with Crippen molar-refractivity contribution in [2.75, 3.05) is 20.9 Å². The lowest BCUT2D eigenvalue weighted by atomic mass is 10.1. The molecule has 4 aromatic rings. The van der Waals surface area contributed by atoms with Gasteiger partial charge in [0.2, 0.25) is 0 Å². The van der Waals surface area contributed by atoms with Crippen molar-refractivity contribution in [3.8, 4) is 11.1 Å². The number of rotatable bonds is 5. The number of hydrogen-bond acceptors (Lipinski definition) is 5. The van der Waals surface area contributed by atoms with Crippen molar-refractivity contribution in [2.24, 2.45) is 0 Å². The Hall–Kier alpha value is -3.57. The van der Waals surface area contributed by atoms with Crippen LogP contribution in [-0.4, -0.2) is 0 Å². The van der Waals surface area contributed by atoms with E-state index in [4.69, 9.17) is 11.5 Å². The van der Waals surface area contributed by atoms with Crippen LogP contribution >= 0.6 is 12.1 Å². The minimum absolute atomic E-state index is 0.782. The Labute approximate surface area is 176 Å². The van der Waals surface area contributed by atoms with Crippen molar-refractivity contribution in [2.45, 2.75) is 0 Å². The number of anilines is 4. The van der Waals surface area contributed by atoms with Gasteiger partial charge >= 0.3 is 0 Å². The zero-order valence-corrected chi connectivity index (χ0v) is 16.8. The highest BCUT2D eigenvalue weighted by molar-refractivity contribution is 8.01. The molecule has 4 aromatic carbocycles. The zero-order chi connectivity index (χ0) is 20.3. The molecule has 5 heteroatoms. The van der Waals surface area contributed by atoms with Gasteiger partial charge < -0.3 is 20.9 Å². The predicted molar refractivity (Wildman–Crippen MR) is 128 cm³/mol. The van der Waals surface area contributed by atoms with E-state index in [9.17, 15) is 0 Å². The molecule has 0 bridgehead atoms. The number of para-hydroxylation sites is 2. The summed E-state index contributed by atoms with van der Waals surface area (Å²) in [6.45, 7) is 0. The third-order valence-corrected chi connectivity index (χ3v) is 4.72. The van der Waals surface area contributed by atoms with E-state index >= 15 is 0 Å². The van der Waals surface area contributed by atoms with Gasteiger partial charge in [0.1, 0.15) is 0 Å². The molecule has 146 valence electrons. The van der Waals surface area contributed by atoms with Gasteiger partial charge in [0, 0.05) is 22.7 Å². The molecule has 0 saturated carbocycles. The predicted octanol–water partition coefficient (Wildman–Crippen LogP) is 6.29. The molecule has 6 N–H and O–H groups in total. The molecular weight excluding hydrogens is 376 g/mol. The second kappa shape index (κ2) is 10.7. The van der Waals surface area contributed by atoms with E-state index in [2.05, 4.69) is 9.44 Å². The van der Waals surface area contributed by atoms with Crippen molar-refractivity contribution in [1.29, 1.82) is 0 Å². The van der Waals surface area contributed by atoms with Gasteiger partial charge in [0.25, 0.3) is 0 Å². The van der Waals surface area contributed by atoms with Crippen LogP contribution in [0.4, 0.5) is 22.7 Å². The number of nitrogens with two attached hydrogens (primary N) is 2. The van der Waals surface area contributed by atoms with Gasteiger partial charge in [-0.3, -0.25) is 0 Å². The zero-order valence-electron chi connectivity index (χ0n) is 16.0. The van der Waals surface area contributed by atoms with Gasteiger partial charge in [-0.05, 0) is 59.7 Å². The summed E-state index contributed by atoms with van der Waals surface area (Å²) in [5.41, 5.74) is 17.3. The molecule has 0 atom stereocenters. The van der Waals surface area contributed by atoms with Crippen LogP contribution in [-0.2, 0) is 0 Å². The van der Waals surface area contributed by atoms with Crippen LogP contribution in [0, 0.1) is 0 Å². The van der Waals surface area contributed by atoms with Gasteiger partial charge in [-0.15, -0.1) is 0 Å². The summed E-state index contributed by atoms with van der Waals surface area (Å²) in [7, 11) is 0. The number of nitrogens with one attached hydrogen (secondary N) is 2. The highest BCUT2D eigenvalue weighted by Crippen LogP contribution is 2.21. The average Bonchev–Trinajstić information content (AvgIpc) is 2.77. The van der Waals surface area contributed by atoms with Gasteiger partial charge in [0.15, 0.2) is 0 Å². The van der Waals surface area contributed by atoms with Gasteiger partial charge in [-0.2, -0.15) is 0 Å². The molecule has 0 unspecified atom stereocenters. The van der Waals surface area contributed by atoms with Gasteiger partial charge in [0.05, 0.1) is 12.1 Å². The Balaban J connectivity index is 0.000000166. The average molecular weight is 401 g/mol. The third kappa shape index (κ3) is 6.83. The Bertz CT molecular complexity index is 890. The summed E-state index contributed by atoms with van der Waals surface area (Å²) in [6.07, 6.45) is 0. The molecule has 0 aliphatic rings. The topological polar surface area (TPSA) is 76.1 Å². The van der Waals surface area contributed by atoms with E-state index in [1.807, 2.05) is 109 Å². The first-order chi connectivity index (χ1) is 14.2. The minimum atomic E-state index is 0.782. The van der Waals surface area contributed by atoms with Crippen LogP contribution in [0.25, 0.3) is 11.1 Å². The highest BCUT2D eigenvalue weighted by atomic mass is 32.2. The van der Waals surface area contributed by atoms with Crippen LogP contribution in [0.15, 0.2) is 109 Å². The Morgan fingerprint density at radius 2 is 0.793 bits per heavy atom. The van der Waals surface area contributed by atoms with Crippen molar-refractivity contribution < 1.29 is 0 Å². The Kier molecular flexibility index (Phi) is 7.43. The maximum Gasteiger partial charge on any atom is 0.0655 e. The third-order valence-electron chi connectivity index (χ3n) is 4.04. The molecule has 0 fully saturated rings. The second-order valence-corrected chi connectivity index (χ2v) is 6.89. The van der Waals surface area contributed by atoms with E-state index in [-0.39, 0.29) is 0 Å². The monoisotopic (exact) mass is 400 g/mol. The smallest absolute Gasteiger partial charge is 0.0655 e. The molecule has 0 radical (unpaired) electrons. The highest BCUT2D eigenvalue weighted by Gasteiger charge is 1.96. The molecule has 4 nitrogen and oxygen atoms in total. The van der Waals surface area contributed by atoms with E-state index in [0.29, 0.717) is 0 Å². The summed E-state index contributed by atoms with van der Waals surface area (Å²) >= 11 is 1.46. The fourth-order valence-corrected chi connectivity index (χ4v) is 3.07. The first-order valence-corrected chi connectivity index (χ1v) is 10.0. The lowest BCUT2D eigenvalue weighted by molar-refractivity contribution is 1.61. The molecule has 0 heterocycles. The van der Waals surface area contributed by atoms with Crippen LogP contribution in [0.5, 0.6) is 0 Å². The Morgan fingerprint density at radius 1 is 0.448 bits per heavy atom. The molecule has 0 saturated heterocycles. The summed E-state index contributed by atoms with van der Waals surface area (Å²) in [5, 5.41) is 0. The van der Waals surface area contributed by atoms with Crippen molar-refractivity contribution >= 4 is 34.9 Å². The summed E-state index contributed by atoms with van der Waals surface area (Å²) in [4.78, 5) is 0. The molecule has 29 heavy (non-hydrogen) atoms. The fourth-order valence-electron chi connectivity index (χ4n) is 2.51. The van der Waals surface area contributed by atoms with E-state index in [1.54, 1.807) is 0 Å². The van der Waals surface area contributed by atoms with Gasteiger partial charge in [-0.1, -0.05) is 60.7 Å². The molecule has 0 aromatic heterocycles. The largest absolute Gasteiger partial charge is 0.399 e. The SMILES string of the molecule is Nc1ccc(-c2ccc(N)cc2)cc1.c1ccc(NSNc2ccccc2)cc1. The first kappa shape index (κ1) is 20.2. The van der Waals surface area contributed by atoms with Crippen molar-refractivity contribution in [1.82, 2.24) is 0 Å². The van der Waals surface area contributed by atoms with E-state index < -0.39 is 0 Å². The second-order valence-electron chi connectivity index (χ2n) is 6.28. The van der Waals surface area contributed by atoms with Crippen LogP contribution in [0.3, 0.4) is 0 Å². The van der Waals surface area contributed by atoms with Crippen LogP contribution in [0.2, 0.25) is 0 Å². The molecule has 0 amide bonds. The summed E-state index contributed by atoms with van der Waals surface area (Å²) < 4.78 is 6.40. The maximum absolute atomic E-state index is 5.61. The molecule has 0 aliphatic carbocycles. The number of benzene rings is 4. The molecule has 0 aliphatic heterocycles. The minimum Gasteiger partial charge on any atom is -0.399 e. The first-order valence-electron chi connectivity index (χ1n) is 9.20. The van der Waals surface area contributed by atoms with Crippen LogP contribution in [0.1, 0.15) is 0 Å². The number of nitrogen functional groups attached to an aromatic ring is 2. The molecular formula is C24H24N4S. The standard InChI is InChI=1S/C12H12N2S.C12H12N2/c1-3-7-11(8-4-1)13-15-14-12-9-5-2-6-10-12;13-11-5-1-9(2-6-11)10-3-7-12(14)8-4-10/h1-10,13-14H;1-8H,13-14H2. The lowest BCUT2D eigenvalue weighted by Gasteiger charge is -2.06. The Morgan fingerprint density at radius 3 is 1.14 bits per heavy atom. The lowest BCUT2D eigenvalue weighted by Crippen LogP contribution is -1.93. The quantitative estimate of drug-likeness (QED) is 0.234.